The van der Waals surface area contributed by atoms with Crippen LogP contribution in [0.15, 0.2) is 12.3 Å². The van der Waals surface area contributed by atoms with Crippen LogP contribution in [0.5, 0.6) is 0 Å². The van der Waals surface area contributed by atoms with Crippen molar-refractivity contribution in [2.24, 2.45) is 5.92 Å². The third kappa shape index (κ3) is 2.02. The largest absolute Gasteiger partial charge is 0.360 e. The molecule has 0 aromatic carbocycles. The van der Waals surface area contributed by atoms with Crippen LogP contribution >= 0.6 is 0 Å². The summed E-state index contributed by atoms with van der Waals surface area (Å²) in [7, 11) is 2.11. The summed E-state index contributed by atoms with van der Waals surface area (Å²) >= 11 is 0. The minimum absolute atomic E-state index is 0.715. The van der Waals surface area contributed by atoms with Crippen molar-refractivity contribution in [3.63, 3.8) is 0 Å². The molecule has 0 fully saturated rings. The van der Waals surface area contributed by atoms with Crippen molar-refractivity contribution in [1.82, 2.24) is 9.78 Å². The smallest absolute Gasteiger partial charge is 0.126 e. The van der Waals surface area contributed by atoms with Gasteiger partial charge in [-0.2, -0.15) is 5.10 Å². The first-order chi connectivity index (χ1) is 6.27. The van der Waals surface area contributed by atoms with E-state index in [0.717, 1.165) is 13.1 Å². The molecule has 0 saturated carbocycles. The second kappa shape index (κ2) is 4.30. The third-order valence-corrected chi connectivity index (χ3v) is 2.16. The first-order valence-electron chi connectivity index (χ1n) is 5.00. The van der Waals surface area contributed by atoms with Crippen LogP contribution in [0.2, 0.25) is 0 Å². The summed E-state index contributed by atoms with van der Waals surface area (Å²) in [5.41, 5.74) is 0. The van der Waals surface area contributed by atoms with E-state index in [2.05, 4.69) is 34.7 Å². The van der Waals surface area contributed by atoms with E-state index in [-0.39, 0.29) is 0 Å². The topological polar surface area (TPSA) is 21.1 Å². The van der Waals surface area contributed by atoms with Crippen molar-refractivity contribution in [3.8, 4) is 0 Å². The molecule has 0 radical (unpaired) electrons. The number of fused-ring (bicyclic) bond motifs is 1. The fourth-order valence-electron chi connectivity index (χ4n) is 1.70. The summed E-state index contributed by atoms with van der Waals surface area (Å²) in [5, 5.41) is 4.23. The highest BCUT2D eigenvalue weighted by atomic mass is 15.4. The highest BCUT2D eigenvalue weighted by Gasteiger charge is 2.18. The Morgan fingerprint density at radius 3 is 2.77 bits per heavy atom. The first kappa shape index (κ1) is 10.1. The van der Waals surface area contributed by atoms with Crippen LogP contribution in [0.3, 0.4) is 0 Å². The fourth-order valence-corrected chi connectivity index (χ4v) is 1.70. The highest BCUT2D eigenvalue weighted by Crippen LogP contribution is 2.20. The van der Waals surface area contributed by atoms with Crippen LogP contribution in [0.4, 0.5) is 5.82 Å². The quantitative estimate of drug-likeness (QED) is 0.610. The van der Waals surface area contributed by atoms with E-state index in [1.165, 1.54) is 5.82 Å². The van der Waals surface area contributed by atoms with Crippen LogP contribution in [-0.4, -0.2) is 23.4 Å². The average Bonchev–Trinajstić information content (AvgIpc) is 2.55. The second-order valence-corrected chi connectivity index (χ2v) is 3.36. The van der Waals surface area contributed by atoms with Gasteiger partial charge in [0.15, 0.2) is 0 Å². The maximum Gasteiger partial charge on any atom is 0.126 e. The van der Waals surface area contributed by atoms with Crippen LogP contribution in [0.25, 0.3) is 0 Å². The van der Waals surface area contributed by atoms with Gasteiger partial charge in [-0.3, -0.25) is 0 Å². The van der Waals surface area contributed by atoms with Gasteiger partial charge >= 0.3 is 0 Å². The summed E-state index contributed by atoms with van der Waals surface area (Å²) < 4.78 is 2.06. The van der Waals surface area contributed by atoms with E-state index in [9.17, 15) is 0 Å². The van der Waals surface area contributed by atoms with Crippen LogP contribution in [0, 0.1) is 5.92 Å². The predicted octanol–water partition coefficient (Wildman–Crippen LogP) is 2.00. The lowest BCUT2D eigenvalue weighted by molar-refractivity contribution is 0.416. The van der Waals surface area contributed by atoms with Crippen LogP contribution < -0.4 is 4.90 Å². The van der Waals surface area contributed by atoms with E-state index in [4.69, 9.17) is 0 Å². The maximum absolute atomic E-state index is 4.23. The van der Waals surface area contributed by atoms with E-state index in [0.29, 0.717) is 5.92 Å². The predicted molar refractivity (Wildman–Crippen MR) is 56.0 cm³/mol. The lowest BCUT2D eigenvalue weighted by atomic mass is 10.1. The molecule has 0 N–H and O–H groups in total. The molecular weight excluding hydrogens is 162 g/mol. The molecule has 1 aromatic rings. The van der Waals surface area contributed by atoms with Gasteiger partial charge in [-0.25, -0.2) is 4.68 Å². The number of aromatic nitrogens is 2. The second-order valence-electron chi connectivity index (χ2n) is 3.36. The summed E-state index contributed by atoms with van der Waals surface area (Å²) in [4.78, 5) is 2.25. The van der Waals surface area contributed by atoms with E-state index < -0.39 is 0 Å². The Labute approximate surface area is 80.4 Å². The Hall–Kier alpha value is -0.990. The zero-order valence-electron chi connectivity index (χ0n) is 8.99. The van der Waals surface area contributed by atoms with Gasteiger partial charge in [-0.05, 0) is 5.92 Å². The van der Waals surface area contributed by atoms with Gasteiger partial charge in [0, 0.05) is 26.2 Å². The summed E-state index contributed by atoms with van der Waals surface area (Å²) in [6, 6.07) is 2.06. The van der Waals surface area contributed by atoms with Gasteiger partial charge < -0.3 is 4.90 Å². The third-order valence-electron chi connectivity index (χ3n) is 2.16. The monoisotopic (exact) mass is 181 g/mol. The van der Waals surface area contributed by atoms with E-state index in [1.54, 1.807) is 0 Å². The number of anilines is 1. The molecule has 3 heteroatoms. The summed E-state index contributed by atoms with van der Waals surface area (Å²) in [6.07, 6.45) is 1.86. The minimum Gasteiger partial charge on any atom is -0.360 e. The Bertz CT molecular complexity index is 254. The molecule has 74 valence electrons. The van der Waals surface area contributed by atoms with Crippen molar-refractivity contribution in [2.45, 2.75) is 27.3 Å². The zero-order chi connectivity index (χ0) is 9.84. The van der Waals surface area contributed by atoms with Crippen molar-refractivity contribution in [2.75, 3.05) is 18.5 Å². The Balaban J connectivity index is 0.000000396. The van der Waals surface area contributed by atoms with Gasteiger partial charge in [-0.15, -0.1) is 0 Å². The lowest BCUT2D eigenvalue weighted by Gasteiger charge is -2.29. The number of hydrogen-bond donors (Lipinski definition) is 0. The number of nitrogens with zero attached hydrogens (tertiary/aromatic N) is 3. The standard InChI is InChI=1S/C8H13N3.C2H6/c1-7-5-10(2)8-3-4-9-11(8)6-7;1-2/h3-4,7H,5-6H2,1-2H3;1-2H3. The molecule has 0 bridgehead atoms. The average molecular weight is 181 g/mol. The Morgan fingerprint density at radius 2 is 2.08 bits per heavy atom. The maximum atomic E-state index is 4.23. The molecule has 1 unspecified atom stereocenters. The molecular formula is C10H19N3. The van der Waals surface area contributed by atoms with Gasteiger partial charge in [-0.1, -0.05) is 20.8 Å². The normalized spacial score (nSPS) is 20.3. The molecule has 0 amide bonds. The van der Waals surface area contributed by atoms with Gasteiger partial charge in [0.05, 0.1) is 6.20 Å². The molecule has 0 saturated heterocycles. The minimum atomic E-state index is 0.715. The SMILES string of the molecule is CC.CC1CN(C)c2ccnn2C1. The van der Waals surface area contributed by atoms with Crippen molar-refractivity contribution < 1.29 is 0 Å². The molecule has 3 nitrogen and oxygen atoms in total. The van der Waals surface area contributed by atoms with E-state index in [1.807, 2.05) is 20.0 Å². The molecule has 1 atom stereocenters. The van der Waals surface area contributed by atoms with Crippen molar-refractivity contribution >= 4 is 5.82 Å². The summed E-state index contributed by atoms with van der Waals surface area (Å²) in [5.74, 6) is 1.95. The van der Waals surface area contributed by atoms with Gasteiger partial charge in [0.2, 0.25) is 0 Å². The molecule has 1 aliphatic rings. The lowest BCUT2D eigenvalue weighted by Crippen LogP contribution is -2.34. The zero-order valence-corrected chi connectivity index (χ0v) is 8.99. The molecule has 2 heterocycles. The number of rotatable bonds is 0. The highest BCUT2D eigenvalue weighted by molar-refractivity contribution is 5.38. The van der Waals surface area contributed by atoms with E-state index >= 15 is 0 Å². The molecule has 0 spiro atoms. The molecule has 13 heavy (non-hydrogen) atoms. The fraction of sp³-hybridized carbons (Fsp3) is 0.700. The molecule has 2 rings (SSSR count). The molecule has 1 aromatic heterocycles. The van der Waals surface area contributed by atoms with Crippen LogP contribution in [0.1, 0.15) is 20.8 Å². The van der Waals surface area contributed by atoms with Gasteiger partial charge in [0.1, 0.15) is 5.82 Å². The molecule has 0 aliphatic carbocycles. The van der Waals surface area contributed by atoms with Crippen molar-refractivity contribution in [1.29, 1.82) is 0 Å². The first-order valence-corrected chi connectivity index (χ1v) is 5.00. The van der Waals surface area contributed by atoms with Gasteiger partial charge in [0.25, 0.3) is 0 Å². The number of hydrogen-bond acceptors (Lipinski definition) is 2. The van der Waals surface area contributed by atoms with Crippen LogP contribution in [-0.2, 0) is 6.54 Å². The summed E-state index contributed by atoms with van der Waals surface area (Å²) in [6.45, 7) is 8.46. The Morgan fingerprint density at radius 1 is 1.38 bits per heavy atom. The Kier molecular flexibility index (Phi) is 3.34. The molecule has 1 aliphatic heterocycles. The van der Waals surface area contributed by atoms with Crippen molar-refractivity contribution in [3.05, 3.63) is 12.3 Å².